The van der Waals surface area contributed by atoms with E-state index in [0.717, 1.165) is 12.4 Å². The maximum absolute atomic E-state index is 12.8. The molecule has 0 saturated carbocycles. The summed E-state index contributed by atoms with van der Waals surface area (Å²) in [6.07, 6.45) is 0. The Labute approximate surface area is 145 Å². The molecule has 0 unspecified atom stereocenters. The molecule has 2 atom stereocenters. The van der Waals surface area contributed by atoms with Crippen LogP contribution in [0.25, 0.3) is 0 Å². The van der Waals surface area contributed by atoms with Crippen molar-refractivity contribution in [1.82, 2.24) is 0 Å². The van der Waals surface area contributed by atoms with Crippen LogP contribution in [0.2, 0.25) is 18.1 Å². The van der Waals surface area contributed by atoms with Gasteiger partial charge in [-0.3, -0.25) is 4.57 Å². The van der Waals surface area contributed by atoms with Gasteiger partial charge < -0.3 is 13.5 Å². The number of hydrogen-bond donors (Lipinski definition) is 0. The van der Waals surface area contributed by atoms with E-state index in [-0.39, 0.29) is 9.36 Å². The maximum Gasteiger partial charge on any atom is 0.353 e. The van der Waals surface area contributed by atoms with Crippen LogP contribution in [-0.4, -0.2) is 43.5 Å². The molecule has 0 aromatic rings. The second-order valence-corrected chi connectivity index (χ2v) is 17.3. The quantitative estimate of drug-likeness (QED) is 0.411. The Morgan fingerprint density at radius 1 is 1.18 bits per heavy atom. The van der Waals surface area contributed by atoms with Crippen molar-refractivity contribution >= 4 is 39.4 Å². The highest BCUT2D eigenvalue weighted by molar-refractivity contribution is 8.26. The number of rotatable bonds is 8. The van der Waals surface area contributed by atoms with Crippen molar-refractivity contribution in [2.75, 3.05) is 25.6 Å². The van der Waals surface area contributed by atoms with E-state index in [1.807, 2.05) is 13.8 Å². The van der Waals surface area contributed by atoms with Crippen molar-refractivity contribution in [1.29, 1.82) is 0 Å². The smallest absolute Gasteiger partial charge is 0.353 e. The molecule has 1 rings (SSSR count). The van der Waals surface area contributed by atoms with Crippen LogP contribution < -0.4 is 0 Å². The molecule has 0 bridgehead atoms. The molecule has 0 amide bonds. The van der Waals surface area contributed by atoms with Gasteiger partial charge in [-0.05, 0) is 32.0 Å². The van der Waals surface area contributed by atoms with E-state index < -0.39 is 15.9 Å². The maximum atomic E-state index is 12.8. The Hall–Kier alpha value is 1.03. The molecule has 1 saturated heterocycles. The fourth-order valence-corrected chi connectivity index (χ4v) is 9.29. The third-order valence-electron chi connectivity index (χ3n) is 4.05. The highest BCUT2D eigenvalue weighted by Gasteiger charge is 2.44. The molecule has 4 nitrogen and oxygen atoms in total. The monoisotopic (exact) mass is 386 g/mol. The van der Waals surface area contributed by atoms with Gasteiger partial charge in [0.15, 0.2) is 12.6 Å². The molecule has 1 aliphatic heterocycles. The Kier molecular flexibility index (Phi) is 8.06. The topological polar surface area (TPSA) is 44.8 Å². The lowest BCUT2D eigenvalue weighted by Crippen LogP contribution is -2.42. The summed E-state index contributed by atoms with van der Waals surface area (Å²) in [7, 11) is -4.74. The first-order valence-corrected chi connectivity index (χ1v) is 14.4. The fraction of sp³-hybridized carbons (Fsp3) is 1.00. The van der Waals surface area contributed by atoms with E-state index in [1.165, 1.54) is 0 Å². The molecule has 0 aromatic heterocycles. The molecular formula is C14H31O4PS2Si. The Morgan fingerprint density at radius 3 is 2.18 bits per heavy atom. The Morgan fingerprint density at radius 2 is 1.73 bits per heavy atom. The normalized spacial score (nSPS) is 24.0. The molecule has 0 spiro atoms. The molecule has 1 fully saturated rings. The predicted molar refractivity (Wildman–Crippen MR) is 102 cm³/mol. The van der Waals surface area contributed by atoms with Crippen molar-refractivity contribution < 1.29 is 18.0 Å². The minimum atomic E-state index is -3.02. The number of thioether (sulfide) groups is 2. The van der Waals surface area contributed by atoms with Crippen LogP contribution in [0.4, 0.5) is 0 Å². The molecule has 1 aliphatic rings. The zero-order valence-electron chi connectivity index (χ0n) is 14.9. The first kappa shape index (κ1) is 21.1. The molecule has 0 radical (unpaired) electrons. The van der Waals surface area contributed by atoms with Crippen LogP contribution in [0.1, 0.15) is 34.6 Å². The van der Waals surface area contributed by atoms with Crippen LogP contribution in [0.5, 0.6) is 0 Å². The van der Waals surface area contributed by atoms with E-state index in [2.05, 4.69) is 33.9 Å². The van der Waals surface area contributed by atoms with E-state index >= 15 is 0 Å². The summed E-state index contributed by atoms with van der Waals surface area (Å²) in [4.78, 5) is 0. The molecular weight excluding hydrogens is 355 g/mol. The zero-order valence-corrected chi connectivity index (χ0v) is 18.4. The third-order valence-corrected chi connectivity index (χ3v) is 15.4. The Balaban J connectivity index is 2.57. The predicted octanol–water partition coefficient (Wildman–Crippen LogP) is 5.41. The first-order chi connectivity index (χ1) is 10.1. The van der Waals surface area contributed by atoms with E-state index in [0.29, 0.717) is 18.5 Å². The molecule has 0 aromatic carbocycles. The second kappa shape index (κ2) is 8.41. The van der Waals surface area contributed by atoms with Gasteiger partial charge >= 0.3 is 7.60 Å². The van der Waals surface area contributed by atoms with Crippen LogP contribution in [0.3, 0.4) is 0 Å². The summed E-state index contributed by atoms with van der Waals surface area (Å²) in [5.74, 6) is 0.939. The van der Waals surface area contributed by atoms with Crippen molar-refractivity contribution in [2.24, 2.45) is 0 Å². The standard InChI is InChI=1S/C14H31O4PS2Si/c1-8-16-19(15,17-9-2)13-20-11-12(21-13)10-18-22(6,7)14(3,4)5/h12-13H,8-11H2,1-7H3/t12-,13-/m1/s1. The third kappa shape index (κ3) is 5.54. The van der Waals surface area contributed by atoms with Crippen molar-refractivity contribution in [2.45, 2.75) is 62.3 Å². The summed E-state index contributed by atoms with van der Waals surface area (Å²) < 4.78 is 29.9. The highest BCUT2D eigenvalue weighted by atomic mass is 32.2. The Bertz CT molecular complexity index is 391. The molecule has 0 aliphatic carbocycles. The van der Waals surface area contributed by atoms with E-state index in [1.54, 1.807) is 23.5 Å². The first-order valence-electron chi connectivity index (χ1n) is 7.85. The second-order valence-electron chi connectivity index (χ2n) is 6.85. The minimum Gasteiger partial charge on any atom is -0.416 e. The molecule has 8 heteroatoms. The van der Waals surface area contributed by atoms with Crippen molar-refractivity contribution in [3.63, 3.8) is 0 Å². The minimum absolute atomic E-state index is 0.125. The summed E-state index contributed by atoms with van der Waals surface area (Å²) in [5.41, 5.74) is 0. The average Bonchev–Trinajstić information content (AvgIpc) is 2.85. The van der Waals surface area contributed by atoms with Crippen molar-refractivity contribution in [3.8, 4) is 0 Å². The fourth-order valence-electron chi connectivity index (χ4n) is 1.72. The molecule has 22 heavy (non-hydrogen) atoms. The number of hydrogen-bond acceptors (Lipinski definition) is 6. The van der Waals surface area contributed by atoms with Crippen LogP contribution in [0, 0.1) is 0 Å². The summed E-state index contributed by atoms with van der Waals surface area (Å²) >= 11 is 3.38. The van der Waals surface area contributed by atoms with Gasteiger partial charge in [-0.15, -0.1) is 23.5 Å². The summed E-state index contributed by atoms with van der Waals surface area (Å²) in [5, 5.41) is 0.577. The van der Waals surface area contributed by atoms with Gasteiger partial charge in [-0.2, -0.15) is 0 Å². The van der Waals surface area contributed by atoms with Gasteiger partial charge in [-0.1, -0.05) is 20.8 Å². The largest absolute Gasteiger partial charge is 0.416 e. The van der Waals surface area contributed by atoms with E-state index in [9.17, 15) is 4.57 Å². The van der Waals surface area contributed by atoms with Gasteiger partial charge in [0.05, 0.1) is 13.2 Å². The lowest BCUT2D eigenvalue weighted by Gasteiger charge is -2.36. The van der Waals surface area contributed by atoms with E-state index in [4.69, 9.17) is 13.5 Å². The molecule has 0 N–H and O–H groups in total. The lowest BCUT2D eigenvalue weighted by atomic mass is 10.2. The van der Waals surface area contributed by atoms with Gasteiger partial charge in [0.1, 0.15) is 0 Å². The highest BCUT2D eigenvalue weighted by Crippen LogP contribution is 2.64. The zero-order chi connectivity index (χ0) is 17.0. The van der Waals surface area contributed by atoms with Gasteiger partial charge in [0.25, 0.3) is 0 Å². The van der Waals surface area contributed by atoms with Gasteiger partial charge in [0.2, 0.25) is 0 Å². The molecule has 132 valence electrons. The summed E-state index contributed by atoms with van der Waals surface area (Å²) in [6.45, 7) is 16.5. The van der Waals surface area contributed by atoms with Gasteiger partial charge in [-0.25, -0.2) is 0 Å². The SMILES string of the molecule is CCOP(=O)(OCC)[C@@H]1SC[C@@H](CO[Si](C)(C)C(C)(C)C)S1. The van der Waals surface area contributed by atoms with Crippen LogP contribution in [0.15, 0.2) is 0 Å². The van der Waals surface area contributed by atoms with Crippen molar-refractivity contribution in [3.05, 3.63) is 0 Å². The van der Waals surface area contributed by atoms with Crippen LogP contribution in [-0.2, 0) is 18.0 Å². The van der Waals surface area contributed by atoms with Gasteiger partial charge in [0, 0.05) is 17.6 Å². The van der Waals surface area contributed by atoms with Crippen LogP contribution >= 0.6 is 31.1 Å². The molecule has 1 heterocycles. The lowest BCUT2D eigenvalue weighted by molar-refractivity contribution is 0.222. The summed E-state index contributed by atoms with van der Waals surface area (Å²) in [6, 6.07) is 0. The average molecular weight is 387 g/mol.